The number of aryl methyl sites for hydroxylation is 1. The predicted molar refractivity (Wildman–Crippen MR) is 77.8 cm³/mol. The fourth-order valence-corrected chi connectivity index (χ4v) is 2.34. The van der Waals surface area contributed by atoms with Crippen molar-refractivity contribution in [3.05, 3.63) is 35.5 Å². The summed E-state index contributed by atoms with van der Waals surface area (Å²) in [5, 5.41) is 1.16. The van der Waals surface area contributed by atoms with Gasteiger partial charge in [0.15, 0.2) is 0 Å². The lowest BCUT2D eigenvalue weighted by Crippen LogP contribution is -2.49. The summed E-state index contributed by atoms with van der Waals surface area (Å²) < 4.78 is 0. The Labute approximate surface area is 113 Å². The molecule has 3 N–H and O–H groups in total. The molecule has 0 aliphatic rings. The van der Waals surface area contributed by atoms with Gasteiger partial charge in [0.25, 0.3) is 0 Å². The number of nitrogens with zero attached hydrogens (tertiary/aromatic N) is 1. The minimum absolute atomic E-state index is 0.0582. The van der Waals surface area contributed by atoms with Crippen molar-refractivity contribution in [1.82, 2.24) is 9.88 Å². The van der Waals surface area contributed by atoms with E-state index >= 15 is 0 Å². The maximum Gasteiger partial charge on any atom is 0.242 e. The molecule has 0 saturated heterocycles. The van der Waals surface area contributed by atoms with Gasteiger partial charge in [0.05, 0.1) is 5.54 Å². The van der Waals surface area contributed by atoms with Gasteiger partial charge in [0, 0.05) is 30.2 Å². The number of para-hydroxylation sites is 1. The van der Waals surface area contributed by atoms with E-state index < -0.39 is 5.54 Å². The standard InChI is InChI=1S/C15H21N3O/c1-10-12(9-18(4)14(19)15(2,3)16)11-7-5-6-8-13(11)17-10/h5-8,17H,9,16H2,1-4H3. The number of nitrogens with two attached hydrogens (primary N) is 1. The minimum atomic E-state index is -0.839. The highest BCUT2D eigenvalue weighted by molar-refractivity contribution is 5.87. The maximum atomic E-state index is 12.1. The first-order valence-electron chi connectivity index (χ1n) is 6.41. The molecule has 102 valence electrons. The summed E-state index contributed by atoms with van der Waals surface area (Å²) in [5.74, 6) is -0.0582. The van der Waals surface area contributed by atoms with Gasteiger partial charge in [-0.05, 0) is 32.4 Å². The molecule has 4 nitrogen and oxygen atoms in total. The third-order valence-electron chi connectivity index (χ3n) is 3.32. The zero-order valence-corrected chi connectivity index (χ0v) is 11.9. The first-order valence-corrected chi connectivity index (χ1v) is 6.41. The van der Waals surface area contributed by atoms with Crippen LogP contribution in [0.1, 0.15) is 25.1 Å². The number of amides is 1. The van der Waals surface area contributed by atoms with Gasteiger partial charge in [0.2, 0.25) is 5.91 Å². The molecule has 0 unspecified atom stereocenters. The number of aromatic amines is 1. The molecule has 19 heavy (non-hydrogen) atoms. The van der Waals surface area contributed by atoms with E-state index in [1.54, 1.807) is 25.8 Å². The summed E-state index contributed by atoms with van der Waals surface area (Å²) in [6, 6.07) is 8.12. The van der Waals surface area contributed by atoms with E-state index in [4.69, 9.17) is 5.73 Å². The van der Waals surface area contributed by atoms with Crippen LogP contribution in [0, 0.1) is 6.92 Å². The Morgan fingerprint density at radius 2 is 2.00 bits per heavy atom. The molecule has 0 fully saturated rings. The molecule has 4 heteroatoms. The molecule has 2 aromatic rings. The smallest absolute Gasteiger partial charge is 0.242 e. The summed E-state index contributed by atoms with van der Waals surface area (Å²) in [6.07, 6.45) is 0. The van der Waals surface area contributed by atoms with E-state index in [1.807, 2.05) is 25.1 Å². The lowest BCUT2D eigenvalue weighted by Gasteiger charge is -2.26. The number of carbonyl (C=O) groups excluding carboxylic acids is 1. The van der Waals surface area contributed by atoms with E-state index in [0.717, 1.165) is 22.2 Å². The topological polar surface area (TPSA) is 62.1 Å². The molecule has 0 bridgehead atoms. The quantitative estimate of drug-likeness (QED) is 0.887. The largest absolute Gasteiger partial charge is 0.358 e. The lowest BCUT2D eigenvalue weighted by molar-refractivity contribution is -0.134. The van der Waals surface area contributed by atoms with Crippen LogP contribution in [0.3, 0.4) is 0 Å². The van der Waals surface area contributed by atoms with E-state index in [1.165, 1.54) is 0 Å². The SMILES string of the molecule is Cc1[nH]c2ccccc2c1CN(C)C(=O)C(C)(C)N. The molecule has 0 atom stereocenters. The van der Waals surface area contributed by atoms with Crippen molar-refractivity contribution < 1.29 is 4.79 Å². The van der Waals surface area contributed by atoms with Gasteiger partial charge < -0.3 is 15.6 Å². The monoisotopic (exact) mass is 259 g/mol. The number of nitrogens with one attached hydrogen (secondary N) is 1. The molecular formula is C15H21N3O. The molecule has 1 aromatic carbocycles. The number of H-pyrrole nitrogens is 1. The molecule has 0 saturated carbocycles. The van der Waals surface area contributed by atoms with Crippen LogP contribution in [0.4, 0.5) is 0 Å². The van der Waals surface area contributed by atoms with Gasteiger partial charge in [-0.2, -0.15) is 0 Å². The Morgan fingerprint density at radius 3 is 2.63 bits per heavy atom. The zero-order valence-electron chi connectivity index (χ0n) is 11.9. The second-order valence-electron chi connectivity index (χ2n) is 5.66. The fourth-order valence-electron chi connectivity index (χ4n) is 2.34. The third-order valence-corrected chi connectivity index (χ3v) is 3.32. The lowest BCUT2D eigenvalue weighted by atomic mass is 10.0. The zero-order chi connectivity index (χ0) is 14.2. The van der Waals surface area contributed by atoms with E-state index in [0.29, 0.717) is 6.54 Å². The van der Waals surface area contributed by atoms with Crippen LogP contribution < -0.4 is 5.73 Å². The van der Waals surface area contributed by atoms with Gasteiger partial charge in [-0.15, -0.1) is 0 Å². The number of benzene rings is 1. The minimum Gasteiger partial charge on any atom is -0.358 e. The van der Waals surface area contributed by atoms with Gasteiger partial charge in [-0.1, -0.05) is 18.2 Å². The Bertz CT molecular complexity index is 607. The van der Waals surface area contributed by atoms with Crippen LogP contribution in [0.2, 0.25) is 0 Å². The van der Waals surface area contributed by atoms with E-state index in [-0.39, 0.29) is 5.91 Å². The number of aromatic nitrogens is 1. The number of carbonyl (C=O) groups is 1. The second kappa shape index (κ2) is 4.70. The average Bonchev–Trinajstić information content (AvgIpc) is 2.64. The van der Waals surface area contributed by atoms with Crippen molar-refractivity contribution in [2.45, 2.75) is 32.9 Å². The Balaban J connectivity index is 2.31. The number of likely N-dealkylation sites (N-methyl/N-ethyl adjacent to an activating group) is 1. The van der Waals surface area contributed by atoms with Crippen LogP contribution in [0.5, 0.6) is 0 Å². The Morgan fingerprint density at radius 1 is 1.37 bits per heavy atom. The highest BCUT2D eigenvalue weighted by Gasteiger charge is 2.26. The summed E-state index contributed by atoms with van der Waals surface area (Å²) in [4.78, 5) is 17.2. The highest BCUT2D eigenvalue weighted by atomic mass is 16.2. The predicted octanol–water partition coefficient (Wildman–Crippen LogP) is 2.17. The fraction of sp³-hybridized carbons (Fsp3) is 0.400. The van der Waals surface area contributed by atoms with Gasteiger partial charge in [-0.25, -0.2) is 0 Å². The molecule has 0 spiro atoms. The molecule has 1 amide bonds. The molecule has 1 heterocycles. The summed E-state index contributed by atoms with van der Waals surface area (Å²) >= 11 is 0. The molecular weight excluding hydrogens is 238 g/mol. The van der Waals surface area contributed by atoms with Crippen LogP contribution in [0.15, 0.2) is 24.3 Å². The van der Waals surface area contributed by atoms with E-state index in [2.05, 4.69) is 11.1 Å². The molecule has 2 rings (SSSR count). The van der Waals surface area contributed by atoms with Crippen molar-refractivity contribution in [2.24, 2.45) is 5.73 Å². The first-order chi connectivity index (χ1) is 8.80. The first kappa shape index (κ1) is 13.6. The number of rotatable bonds is 3. The normalized spacial score (nSPS) is 11.8. The van der Waals surface area contributed by atoms with Crippen molar-refractivity contribution >= 4 is 16.8 Å². The van der Waals surface area contributed by atoms with Gasteiger partial charge >= 0.3 is 0 Å². The Hall–Kier alpha value is -1.81. The number of fused-ring (bicyclic) bond motifs is 1. The molecule has 0 radical (unpaired) electrons. The van der Waals surface area contributed by atoms with Crippen molar-refractivity contribution in [1.29, 1.82) is 0 Å². The van der Waals surface area contributed by atoms with E-state index in [9.17, 15) is 4.79 Å². The van der Waals surface area contributed by atoms with Crippen molar-refractivity contribution in [3.8, 4) is 0 Å². The van der Waals surface area contributed by atoms with Crippen molar-refractivity contribution in [2.75, 3.05) is 7.05 Å². The van der Waals surface area contributed by atoms with Crippen LogP contribution >= 0.6 is 0 Å². The number of hydrogen-bond donors (Lipinski definition) is 2. The second-order valence-corrected chi connectivity index (χ2v) is 5.66. The van der Waals surface area contributed by atoms with Crippen LogP contribution in [0.25, 0.3) is 10.9 Å². The molecule has 0 aliphatic heterocycles. The maximum absolute atomic E-state index is 12.1. The Kier molecular flexibility index (Phi) is 3.37. The van der Waals surface area contributed by atoms with Gasteiger partial charge in [0.1, 0.15) is 0 Å². The highest BCUT2D eigenvalue weighted by Crippen LogP contribution is 2.23. The average molecular weight is 259 g/mol. The molecule has 1 aromatic heterocycles. The summed E-state index contributed by atoms with van der Waals surface area (Å²) in [7, 11) is 1.79. The van der Waals surface area contributed by atoms with Crippen molar-refractivity contribution in [3.63, 3.8) is 0 Å². The summed E-state index contributed by atoms with van der Waals surface area (Å²) in [6.45, 7) is 6.05. The summed E-state index contributed by atoms with van der Waals surface area (Å²) in [5.41, 5.74) is 8.36. The van der Waals surface area contributed by atoms with Crippen LogP contribution in [-0.2, 0) is 11.3 Å². The number of hydrogen-bond acceptors (Lipinski definition) is 2. The third kappa shape index (κ3) is 2.63. The molecule has 0 aliphatic carbocycles. The van der Waals surface area contributed by atoms with Gasteiger partial charge in [-0.3, -0.25) is 4.79 Å². The van der Waals surface area contributed by atoms with Crippen LogP contribution in [-0.4, -0.2) is 28.4 Å².